The number of carbonyl (C=O) groups is 1. The Morgan fingerprint density at radius 1 is 1.67 bits per heavy atom. The summed E-state index contributed by atoms with van der Waals surface area (Å²) in [6, 6.07) is 0. The number of halogens is 1. The van der Waals surface area contributed by atoms with Gasteiger partial charge in [0.25, 0.3) is 6.20 Å². The highest BCUT2D eigenvalue weighted by Crippen LogP contribution is 2.20. The van der Waals surface area contributed by atoms with Gasteiger partial charge in [-0.05, 0) is 0 Å². The predicted molar refractivity (Wildman–Crippen MR) is 67.5 cm³/mol. The van der Waals surface area contributed by atoms with Crippen molar-refractivity contribution in [1.29, 1.82) is 0 Å². The van der Waals surface area contributed by atoms with Gasteiger partial charge in [-0.15, -0.1) is 11.3 Å². The van der Waals surface area contributed by atoms with Crippen molar-refractivity contribution in [3.8, 4) is 0 Å². The molecule has 1 rings (SSSR count). The Bertz CT molecular complexity index is 474. The summed E-state index contributed by atoms with van der Waals surface area (Å²) in [5.41, 5.74) is 0. The number of thiazole rings is 1. The van der Waals surface area contributed by atoms with Gasteiger partial charge in [-0.1, -0.05) is 11.6 Å². The molecule has 0 saturated carbocycles. The number of hydrogen-bond donors (Lipinski definition) is 0. The van der Waals surface area contributed by atoms with Crippen molar-refractivity contribution in [1.82, 2.24) is 14.8 Å². The number of hydrogen-bond acceptors (Lipinski definition) is 6. The first-order chi connectivity index (χ1) is 8.43. The van der Waals surface area contributed by atoms with Crippen molar-refractivity contribution in [2.24, 2.45) is 0 Å². The van der Waals surface area contributed by atoms with Gasteiger partial charge >= 0.3 is 0 Å². The molecule has 7 nitrogen and oxygen atoms in total. The van der Waals surface area contributed by atoms with E-state index < -0.39 is 4.92 Å². The summed E-state index contributed by atoms with van der Waals surface area (Å²) in [7, 11) is 3.23. The van der Waals surface area contributed by atoms with Crippen LogP contribution in [-0.4, -0.2) is 40.2 Å². The van der Waals surface area contributed by atoms with E-state index >= 15 is 0 Å². The van der Waals surface area contributed by atoms with Crippen LogP contribution in [0.4, 0.5) is 0 Å². The number of amides is 1. The van der Waals surface area contributed by atoms with Gasteiger partial charge in [-0.25, -0.2) is 4.98 Å². The standard InChI is InChI=1S/C9H11ClN4O3S/c1-12(2)8(5-14(16)17)13(6-15)4-7-3-11-9(10)18-7/h3,5-6H,4H2,1-2H3. The maximum atomic E-state index is 11.0. The quantitative estimate of drug-likeness (QED) is 0.449. The lowest BCUT2D eigenvalue weighted by molar-refractivity contribution is -0.405. The van der Waals surface area contributed by atoms with Crippen LogP contribution < -0.4 is 0 Å². The molecule has 0 N–H and O–H groups in total. The fourth-order valence-corrected chi connectivity index (χ4v) is 2.21. The molecule has 1 heterocycles. The molecular formula is C9H11ClN4O3S. The Labute approximate surface area is 112 Å². The van der Waals surface area contributed by atoms with Crippen LogP contribution in [0.15, 0.2) is 18.2 Å². The summed E-state index contributed by atoms with van der Waals surface area (Å²) in [4.78, 5) is 28.2. The van der Waals surface area contributed by atoms with E-state index in [0.29, 0.717) is 10.9 Å². The van der Waals surface area contributed by atoms with Crippen molar-refractivity contribution in [2.75, 3.05) is 14.1 Å². The van der Waals surface area contributed by atoms with E-state index in [1.807, 2.05) is 0 Å². The Kier molecular flexibility index (Phi) is 5.05. The second-order valence-corrected chi connectivity index (χ2v) is 5.18. The molecule has 0 unspecified atom stereocenters. The zero-order valence-corrected chi connectivity index (χ0v) is 11.3. The molecule has 9 heteroatoms. The lowest BCUT2D eigenvalue weighted by Gasteiger charge is -2.23. The van der Waals surface area contributed by atoms with E-state index in [4.69, 9.17) is 11.6 Å². The predicted octanol–water partition coefficient (Wildman–Crippen LogP) is 1.39. The first-order valence-electron chi connectivity index (χ1n) is 4.79. The number of nitrogens with zero attached hydrogens (tertiary/aromatic N) is 4. The van der Waals surface area contributed by atoms with Gasteiger partial charge in [0.15, 0.2) is 10.3 Å². The van der Waals surface area contributed by atoms with Crippen LogP contribution in [-0.2, 0) is 11.3 Å². The average Bonchev–Trinajstić information content (AvgIpc) is 2.68. The third-order valence-electron chi connectivity index (χ3n) is 1.95. The monoisotopic (exact) mass is 290 g/mol. The molecule has 0 aromatic carbocycles. The molecule has 98 valence electrons. The Morgan fingerprint density at radius 2 is 2.33 bits per heavy atom. The minimum atomic E-state index is -0.606. The first-order valence-corrected chi connectivity index (χ1v) is 5.98. The van der Waals surface area contributed by atoms with E-state index in [9.17, 15) is 14.9 Å². The summed E-state index contributed by atoms with van der Waals surface area (Å²) in [5, 5.41) is 10.5. The molecule has 0 aliphatic rings. The maximum Gasteiger partial charge on any atom is 0.274 e. The van der Waals surface area contributed by atoms with Crippen LogP contribution in [0.2, 0.25) is 4.47 Å². The smallest absolute Gasteiger partial charge is 0.274 e. The minimum absolute atomic E-state index is 0.180. The largest absolute Gasteiger partial charge is 0.359 e. The van der Waals surface area contributed by atoms with Crippen LogP contribution in [0, 0.1) is 10.1 Å². The summed E-state index contributed by atoms with van der Waals surface area (Å²) in [6.45, 7) is 0.186. The third kappa shape index (κ3) is 3.97. The van der Waals surface area contributed by atoms with Crippen molar-refractivity contribution in [2.45, 2.75) is 6.54 Å². The molecule has 0 atom stereocenters. The fourth-order valence-electron chi connectivity index (χ4n) is 1.24. The summed E-state index contributed by atoms with van der Waals surface area (Å²) >= 11 is 6.90. The van der Waals surface area contributed by atoms with Crippen molar-refractivity contribution >= 4 is 29.3 Å². The van der Waals surface area contributed by atoms with Gasteiger partial charge in [0.2, 0.25) is 6.41 Å². The van der Waals surface area contributed by atoms with E-state index in [-0.39, 0.29) is 12.4 Å². The zero-order chi connectivity index (χ0) is 13.7. The molecule has 1 aromatic heterocycles. The second kappa shape index (κ2) is 6.31. The van der Waals surface area contributed by atoms with Crippen molar-refractivity contribution in [3.63, 3.8) is 0 Å². The van der Waals surface area contributed by atoms with Crippen LogP contribution in [0.5, 0.6) is 0 Å². The van der Waals surface area contributed by atoms with Gasteiger partial charge in [-0.3, -0.25) is 19.8 Å². The number of aromatic nitrogens is 1. The SMILES string of the molecule is CN(C)C(=C[N+](=O)[O-])N(C=O)Cc1cnc(Cl)s1. The molecule has 0 spiro atoms. The molecule has 0 aliphatic carbocycles. The molecule has 0 bridgehead atoms. The Hall–Kier alpha value is -1.67. The molecule has 0 fully saturated rings. The van der Waals surface area contributed by atoms with Gasteiger partial charge in [-0.2, -0.15) is 0 Å². The molecule has 1 amide bonds. The lowest BCUT2D eigenvalue weighted by Crippen LogP contribution is -2.30. The molecule has 1 aromatic rings. The highest BCUT2D eigenvalue weighted by atomic mass is 35.5. The van der Waals surface area contributed by atoms with E-state index in [2.05, 4.69) is 4.98 Å². The van der Waals surface area contributed by atoms with Crippen LogP contribution in [0.25, 0.3) is 0 Å². The van der Waals surface area contributed by atoms with E-state index in [0.717, 1.165) is 11.1 Å². The van der Waals surface area contributed by atoms with E-state index in [1.165, 1.54) is 27.3 Å². The van der Waals surface area contributed by atoms with Gasteiger partial charge in [0.1, 0.15) is 0 Å². The van der Waals surface area contributed by atoms with Gasteiger partial charge in [0, 0.05) is 25.2 Å². The molecule has 18 heavy (non-hydrogen) atoms. The lowest BCUT2D eigenvalue weighted by atomic mass is 10.4. The first kappa shape index (κ1) is 14.4. The average molecular weight is 291 g/mol. The van der Waals surface area contributed by atoms with Crippen LogP contribution >= 0.6 is 22.9 Å². The summed E-state index contributed by atoms with van der Waals surface area (Å²) < 4.78 is 0.362. The van der Waals surface area contributed by atoms with Crippen molar-refractivity contribution in [3.05, 3.63) is 37.7 Å². The molecular weight excluding hydrogens is 280 g/mol. The highest BCUT2D eigenvalue weighted by molar-refractivity contribution is 7.15. The van der Waals surface area contributed by atoms with Gasteiger partial charge in [0.05, 0.1) is 11.5 Å². The third-order valence-corrected chi connectivity index (χ3v) is 3.05. The number of nitro groups is 1. The second-order valence-electron chi connectivity index (χ2n) is 3.48. The summed E-state index contributed by atoms with van der Waals surface area (Å²) in [6.07, 6.45) is 2.84. The van der Waals surface area contributed by atoms with Gasteiger partial charge < -0.3 is 4.90 Å². The topological polar surface area (TPSA) is 79.6 Å². The minimum Gasteiger partial charge on any atom is -0.359 e. The van der Waals surface area contributed by atoms with Crippen LogP contribution in [0.3, 0.4) is 0 Å². The number of carbonyl (C=O) groups excluding carboxylic acids is 1. The fraction of sp³-hybridized carbons (Fsp3) is 0.333. The maximum absolute atomic E-state index is 11.0. The normalized spacial score (nSPS) is 11.2. The molecule has 0 aliphatic heterocycles. The molecule has 0 radical (unpaired) electrons. The zero-order valence-electron chi connectivity index (χ0n) is 9.74. The van der Waals surface area contributed by atoms with Crippen molar-refractivity contribution < 1.29 is 9.72 Å². The summed E-state index contributed by atoms with van der Waals surface area (Å²) in [5.74, 6) is 0.180. The Morgan fingerprint density at radius 3 is 2.72 bits per heavy atom. The van der Waals surface area contributed by atoms with Crippen LogP contribution in [0.1, 0.15) is 4.88 Å². The Balaban J connectivity index is 2.93. The number of rotatable bonds is 6. The molecule has 0 saturated heterocycles. The highest BCUT2D eigenvalue weighted by Gasteiger charge is 2.16. The van der Waals surface area contributed by atoms with E-state index in [1.54, 1.807) is 14.1 Å².